The molecule has 14 N–H and O–H groups in total. The zero-order valence-corrected chi connectivity index (χ0v) is 34.1. The highest BCUT2D eigenvalue weighted by Gasteiger charge is 2.31. The van der Waals surface area contributed by atoms with Crippen molar-refractivity contribution < 1.29 is 33.9 Å². The zero-order chi connectivity index (χ0) is 42.9. The number of carbonyl (C=O) groups is 6. The van der Waals surface area contributed by atoms with E-state index in [1.165, 1.54) is 0 Å². The fourth-order valence-electron chi connectivity index (χ4n) is 6.15. The second-order valence-corrected chi connectivity index (χ2v) is 15.1. The summed E-state index contributed by atoms with van der Waals surface area (Å²) in [5.41, 5.74) is 25.2. The number of carboxylic acid groups (broad SMARTS) is 1. The first-order valence-corrected chi connectivity index (χ1v) is 20.5. The molecule has 4 unspecified atom stereocenters. The molecule has 0 aromatic heterocycles. The van der Waals surface area contributed by atoms with E-state index in [-0.39, 0.29) is 44.7 Å². The molecule has 6 atom stereocenters. The van der Waals surface area contributed by atoms with Gasteiger partial charge in [0.25, 0.3) is 0 Å². The Morgan fingerprint density at radius 2 is 1.02 bits per heavy atom. The van der Waals surface area contributed by atoms with Gasteiger partial charge in [-0.3, -0.25) is 24.0 Å². The maximum Gasteiger partial charge on any atom is 0.326 e. The Morgan fingerprint density at radius 3 is 1.59 bits per heavy atom. The van der Waals surface area contributed by atoms with Gasteiger partial charge in [0.15, 0.2) is 0 Å². The third-order valence-electron chi connectivity index (χ3n) is 9.72. The summed E-state index contributed by atoms with van der Waals surface area (Å²) in [5, 5.41) is 23.3. The Morgan fingerprint density at radius 1 is 0.534 bits per heavy atom. The lowest BCUT2D eigenvalue weighted by molar-refractivity contribution is -0.142. The van der Waals surface area contributed by atoms with Crippen molar-refractivity contribution in [1.82, 2.24) is 26.6 Å². The summed E-state index contributed by atoms with van der Waals surface area (Å²) in [7, 11) is 0. The molecule has 0 heterocycles. The van der Waals surface area contributed by atoms with Crippen LogP contribution in [0.5, 0.6) is 0 Å². The molecule has 0 saturated heterocycles. The van der Waals surface area contributed by atoms with E-state index in [9.17, 15) is 33.9 Å². The highest BCUT2D eigenvalue weighted by molar-refractivity contribution is 5.95. The molecular formula is C42H67N9O7. The summed E-state index contributed by atoms with van der Waals surface area (Å²) < 4.78 is 0. The molecule has 58 heavy (non-hydrogen) atoms. The lowest BCUT2D eigenvalue weighted by atomic mass is 10.00. The maximum absolute atomic E-state index is 14.0. The molecule has 0 aliphatic heterocycles. The van der Waals surface area contributed by atoms with Gasteiger partial charge in [-0.05, 0) is 101 Å². The number of nitrogens with one attached hydrogen (secondary N) is 5. The van der Waals surface area contributed by atoms with Crippen LogP contribution in [0.2, 0.25) is 0 Å². The first-order valence-electron chi connectivity index (χ1n) is 20.5. The van der Waals surface area contributed by atoms with Crippen molar-refractivity contribution in [1.29, 1.82) is 0 Å². The van der Waals surface area contributed by atoms with Gasteiger partial charge in [-0.1, -0.05) is 74.5 Å². The van der Waals surface area contributed by atoms with Gasteiger partial charge >= 0.3 is 5.97 Å². The quantitative estimate of drug-likeness (QED) is 0.0512. The fourth-order valence-corrected chi connectivity index (χ4v) is 6.15. The minimum atomic E-state index is -1.19. The van der Waals surface area contributed by atoms with E-state index in [4.69, 9.17) is 22.9 Å². The predicted molar refractivity (Wildman–Crippen MR) is 224 cm³/mol. The van der Waals surface area contributed by atoms with Gasteiger partial charge < -0.3 is 54.6 Å². The molecule has 2 rings (SSSR count). The molecule has 0 bridgehead atoms. The van der Waals surface area contributed by atoms with Crippen LogP contribution < -0.4 is 49.5 Å². The number of benzene rings is 2. The number of aryl methyl sites for hydroxylation is 1. The minimum absolute atomic E-state index is 0.121. The number of carbonyl (C=O) groups excluding carboxylic acids is 5. The largest absolute Gasteiger partial charge is 0.480 e. The lowest BCUT2D eigenvalue weighted by Gasteiger charge is -2.26. The number of unbranched alkanes of at least 4 members (excludes halogenated alkanes) is 1. The molecule has 5 amide bonds. The second kappa shape index (κ2) is 27.7. The molecule has 0 fully saturated rings. The molecule has 16 heteroatoms. The fraction of sp³-hybridized carbons (Fsp3) is 0.571. The van der Waals surface area contributed by atoms with Gasteiger partial charge in [0, 0.05) is 13.0 Å². The van der Waals surface area contributed by atoms with Crippen LogP contribution in [-0.2, 0) is 41.6 Å². The van der Waals surface area contributed by atoms with Gasteiger partial charge in [0.1, 0.15) is 24.2 Å². The average molecular weight is 810 g/mol. The van der Waals surface area contributed by atoms with E-state index in [0.717, 1.165) is 11.1 Å². The van der Waals surface area contributed by atoms with E-state index in [1.807, 2.05) is 74.5 Å². The Bertz CT molecular complexity index is 1550. The molecule has 2 aromatic carbocycles. The smallest absolute Gasteiger partial charge is 0.326 e. The van der Waals surface area contributed by atoms with E-state index >= 15 is 0 Å². The van der Waals surface area contributed by atoms with Crippen molar-refractivity contribution in [3.63, 3.8) is 0 Å². The summed E-state index contributed by atoms with van der Waals surface area (Å²) in [4.78, 5) is 78.6. The first kappa shape index (κ1) is 49.2. The van der Waals surface area contributed by atoms with Crippen molar-refractivity contribution in [2.45, 2.75) is 127 Å². The Kier molecular flexibility index (Phi) is 23.5. The number of hydrogen-bond donors (Lipinski definition) is 10. The molecule has 0 radical (unpaired) electrons. The van der Waals surface area contributed by atoms with Gasteiger partial charge in [-0.25, -0.2) is 4.79 Å². The summed E-state index contributed by atoms with van der Waals surface area (Å²) in [6.45, 7) is 4.82. The highest BCUT2D eigenvalue weighted by atomic mass is 16.4. The van der Waals surface area contributed by atoms with E-state index in [2.05, 4.69) is 26.6 Å². The van der Waals surface area contributed by atoms with E-state index in [0.29, 0.717) is 57.9 Å². The van der Waals surface area contributed by atoms with Crippen molar-refractivity contribution in [3.05, 3.63) is 71.8 Å². The molecule has 322 valence electrons. The number of hydrogen-bond acceptors (Lipinski definition) is 10. The Labute approximate surface area is 342 Å². The second-order valence-electron chi connectivity index (χ2n) is 15.1. The molecule has 0 saturated carbocycles. The number of carboxylic acids is 1. The summed E-state index contributed by atoms with van der Waals surface area (Å²) in [5.74, 6) is -3.61. The van der Waals surface area contributed by atoms with Crippen LogP contribution in [0.15, 0.2) is 60.7 Å². The number of aliphatic carboxylic acids is 1. The molecule has 0 aliphatic rings. The summed E-state index contributed by atoms with van der Waals surface area (Å²) >= 11 is 0. The van der Waals surface area contributed by atoms with Crippen molar-refractivity contribution in [2.75, 3.05) is 19.6 Å². The van der Waals surface area contributed by atoms with Gasteiger partial charge in [0.2, 0.25) is 29.5 Å². The SMILES string of the molecule is CC(C)CCC(NC(=O)[C@@H](Cc1ccccc1)NC(=O)C(N)CCc1ccccc1)C(=O)N[C@H](CCCN)C(=O)NCCCCC(NC(=O)C(N)CCCN)C(=O)O. The molecule has 16 nitrogen and oxygen atoms in total. The lowest BCUT2D eigenvalue weighted by Crippen LogP contribution is -2.58. The van der Waals surface area contributed by atoms with Crippen LogP contribution in [0.4, 0.5) is 0 Å². The van der Waals surface area contributed by atoms with Crippen LogP contribution in [0, 0.1) is 5.92 Å². The Balaban J connectivity index is 2.09. The van der Waals surface area contributed by atoms with Crippen LogP contribution in [0.1, 0.15) is 89.2 Å². The maximum atomic E-state index is 14.0. The minimum Gasteiger partial charge on any atom is -0.480 e. The van der Waals surface area contributed by atoms with Crippen molar-refractivity contribution in [3.8, 4) is 0 Å². The van der Waals surface area contributed by atoms with Gasteiger partial charge in [-0.15, -0.1) is 0 Å². The van der Waals surface area contributed by atoms with E-state index < -0.39 is 71.8 Å². The Hall–Kier alpha value is -4.90. The topological polar surface area (TPSA) is 287 Å². The van der Waals surface area contributed by atoms with Crippen molar-refractivity contribution >= 4 is 35.5 Å². The van der Waals surface area contributed by atoms with Gasteiger partial charge in [0.05, 0.1) is 12.1 Å². The van der Waals surface area contributed by atoms with Crippen LogP contribution in [0.25, 0.3) is 0 Å². The normalized spacial score (nSPS) is 14.3. The third-order valence-corrected chi connectivity index (χ3v) is 9.72. The average Bonchev–Trinajstić information content (AvgIpc) is 3.21. The molecular weight excluding hydrogens is 743 g/mol. The first-order chi connectivity index (χ1) is 27.7. The third kappa shape index (κ3) is 19.5. The van der Waals surface area contributed by atoms with Crippen LogP contribution >= 0.6 is 0 Å². The zero-order valence-electron chi connectivity index (χ0n) is 34.1. The molecule has 0 aliphatic carbocycles. The number of amides is 5. The summed E-state index contributed by atoms with van der Waals surface area (Å²) in [6, 6.07) is 13.0. The van der Waals surface area contributed by atoms with Gasteiger partial charge in [-0.2, -0.15) is 0 Å². The van der Waals surface area contributed by atoms with Crippen molar-refractivity contribution in [2.24, 2.45) is 28.9 Å². The standard InChI is InChI=1S/C42H67N9O7/c1-28(2)20-23-34(49-41(56)36(27-30-15-7-4-8-16-30)51-38(53)32(46)22-21-29-13-5-3-6-14-29)40(55)48-33(19-12-25-44)39(54)47-26-10-9-18-35(42(57)58)50-37(52)31(45)17-11-24-43/h3-8,13-16,28,31-36H,9-12,17-27,43-46H2,1-2H3,(H,47,54)(H,48,55)(H,49,56)(H,50,52)(H,51,53)(H,57,58)/t31?,32?,33-,34?,35?,36-/m1/s1. The molecule has 2 aromatic rings. The van der Waals surface area contributed by atoms with E-state index in [1.54, 1.807) is 0 Å². The predicted octanol–water partition coefficient (Wildman–Crippen LogP) is 0.741. The monoisotopic (exact) mass is 810 g/mol. The number of nitrogens with two attached hydrogens (primary N) is 4. The number of rotatable bonds is 29. The summed E-state index contributed by atoms with van der Waals surface area (Å²) in [6.07, 6.45) is 4.43. The highest BCUT2D eigenvalue weighted by Crippen LogP contribution is 2.12. The van der Waals surface area contributed by atoms with Crippen LogP contribution in [0.3, 0.4) is 0 Å². The van der Waals surface area contributed by atoms with Crippen LogP contribution in [-0.4, -0.2) is 96.5 Å². The molecule has 0 spiro atoms.